The molecular weight excluding hydrogens is 460 g/mol. The Hall–Kier alpha value is -3.39. The van der Waals surface area contributed by atoms with Crippen LogP contribution in [0.5, 0.6) is 0 Å². The van der Waals surface area contributed by atoms with Crippen molar-refractivity contribution in [1.29, 1.82) is 0 Å². The molecule has 0 saturated heterocycles. The minimum Gasteiger partial charge on any atom is -0.344 e. The van der Waals surface area contributed by atoms with Gasteiger partial charge in [-0.15, -0.1) is 0 Å². The van der Waals surface area contributed by atoms with Gasteiger partial charge in [0.15, 0.2) is 5.71 Å². The summed E-state index contributed by atoms with van der Waals surface area (Å²) in [6.07, 6.45) is 14.8. The van der Waals surface area contributed by atoms with Crippen LogP contribution in [0.2, 0.25) is 0 Å². The monoisotopic (exact) mass is 503 g/mol. The Bertz CT molecular complexity index is 1460. The maximum Gasteiger partial charge on any atom is 0.210 e. The fourth-order valence-corrected chi connectivity index (χ4v) is 6.56. The Morgan fingerprint density at radius 3 is 2.34 bits per heavy atom. The van der Waals surface area contributed by atoms with Crippen molar-refractivity contribution in [3.8, 4) is 0 Å². The lowest BCUT2D eigenvalue weighted by molar-refractivity contribution is -0.438. The lowest BCUT2D eigenvalue weighted by Gasteiger charge is -2.26. The summed E-state index contributed by atoms with van der Waals surface area (Å²) in [7, 11) is 0. The SMILES string of the molecule is CCCC[N+]1=C(/C=C/C=C/C=C2/N(CCC)c3ccccc3C2(C)C)C(C)(C)c2c1ccc1ccccc21. The van der Waals surface area contributed by atoms with Gasteiger partial charge in [0.1, 0.15) is 6.54 Å². The molecule has 0 aliphatic carbocycles. The molecule has 2 nitrogen and oxygen atoms in total. The summed E-state index contributed by atoms with van der Waals surface area (Å²) in [5.41, 5.74) is 8.31. The fourth-order valence-electron chi connectivity index (χ4n) is 6.56. The van der Waals surface area contributed by atoms with Crippen molar-refractivity contribution in [3.05, 3.63) is 108 Å². The molecule has 0 aromatic heterocycles. The van der Waals surface area contributed by atoms with Crippen LogP contribution in [-0.2, 0) is 10.8 Å². The number of fused-ring (bicyclic) bond motifs is 4. The normalized spacial score (nSPS) is 18.9. The highest BCUT2D eigenvalue weighted by Crippen LogP contribution is 2.48. The average molecular weight is 504 g/mol. The van der Waals surface area contributed by atoms with Gasteiger partial charge in [-0.3, -0.25) is 0 Å². The average Bonchev–Trinajstić information content (AvgIpc) is 3.26. The number of allylic oxidation sites excluding steroid dienone is 6. The summed E-state index contributed by atoms with van der Waals surface area (Å²) in [6.45, 7) is 16.1. The van der Waals surface area contributed by atoms with Gasteiger partial charge in [-0.1, -0.05) is 94.8 Å². The van der Waals surface area contributed by atoms with E-state index in [-0.39, 0.29) is 10.8 Å². The lowest BCUT2D eigenvalue weighted by Crippen LogP contribution is -2.28. The van der Waals surface area contributed by atoms with Gasteiger partial charge >= 0.3 is 0 Å². The number of nitrogens with zero attached hydrogens (tertiary/aromatic N) is 2. The molecule has 2 aliphatic rings. The van der Waals surface area contributed by atoms with Crippen LogP contribution < -0.4 is 4.90 Å². The molecule has 0 bridgehead atoms. The highest BCUT2D eigenvalue weighted by molar-refractivity contribution is 6.07. The molecule has 3 aromatic carbocycles. The molecule has 5 rings (SSSR count). The Kier molecular flexibility index (Phi) is 7.18. The molecule has 0 fully saturated rings. The first-order chi connectivity index (χ1) is 18.3. The largest absolute Gasteiger partial charge is 0.344 e. The van der Waals surface area contributed by atoms with E-state index in [1.54, 1.807) is 0 Å². The minimum absolute atomic E-state index is 0.00165. The highest BCUT2D eigenvalue weighted by Gasteiger charge is 2.45. The van der Waals surface area contributed by atoms with Crippen LogP contribution >= 0.6 is 0 Å². The molecule has 2 aliphatic heterocycles. The van der Waals surface area contributed by atoms with Crippen LogP contribution in [-0.4, -0.2) is 23.4 Å². The molecule has 0 unspecified atom stereocenters. The van der Waals surface area contributed by atoms with E-state index in [9.17, 15) is 0 Å². The van der Waals surface area contributed by atoms with Crippen molar-refractivity contribution < 1.29 is 4.58 Å². The predicted octanol–water partition coefficient (Wildman–Crippen LogP) is 9.22. The van der Waals surface area contributed by atoms with Gasteiger partial charge in [0, 0.05) is 47.5 Å². The molecule has 0 amide bonds. The number of hydrogen-bond donors (Lipinski definition) is 0. The quantitative estimate of drug-likeness (QED) is 0.219. The maximum absolute atomic E-state index is 2.56. The van der Waals surface area contributed by atoms with Gasteiger partial charge in [-0.2, -0.15) is 4.58 Å². The zero-order valence-electron chi connectivity index (χ0n) is 24.1. The topological polar surface area (TPSA) is 6.25 Å². The zero-order valence-corrected chi connectivity index (χ0v) is 24.1. The van der Waals surface area contributed by atoms with Crippen LogP contribution in [0, 0.1) is 0 Å². The summed E-state index contributed by atoms with van der Waals surface area (Å²) in [4.78, 5) is 2.51. The van der Waals surface area contributed by atoms with Gasteiger partial charge in [-0.05, 0) is 54.8 Å². The fraction of sp³-hybridized carbons (Fsp3) is 0.361. The molecule has 0 spiro atoms. The van der Waals surface area contributed by atoms with Crippen molar-refractivity contribution in [1.82, 2.24) is 0 Å². The van der Waals surface area contributed by atoms with Gasteiger partial charge < -0.3 is 4.90 Å². The van der Waals surface area contributed by atoms with Crippen LogP contribution in [0.15, 0.2) is 96.7 Å². The standard InChI is InChI=1S/C36H43N2/c1-7-9-26-38-31-24-23-27-17-13-14-18-28(27)34(31)36(5,6)33(38)22-12-10-11-21-32-35(3,4)29-19-15-16-20-30(29)37(32)25-8-2/h10-24H,7-9,25-26H2,1-6H3/q+1. The smallest absolute Gasteiger partial charge is 0.210 e. The second-order valence-corrected chi connectivity index (χ2v) is 11.8. The molecule has 0 radical (unpaired) electrons. The number of benzene rings is 3. The molecule has 0 saturated carbocycles. The van der Waals surface area contributed by atoms with E-state index in [4.69, 9.17) is 0 Å². The maximum atomic E-state index is 2.56. The molecular formula is C36H43N2+. The first-order valence-corrected chi connectivity index (χ1v) is 14.4. The molecule has 38 heavy (non-hydrogen) atoms. The van der Waals surface area contributed by atoms with Crippen LogP contribution in [0.25, 0.3) is 10.8 Å². The van der Waals surface area contributed by atoms with E-state index < -0.39 is 0 Å². The first-order valence-electron chi connectivity index (χ1n) is 14.4. The molecule has 0 atom stereocenters. The molecule has 2 heterocycles. The summed E-state index contributed by atoms with van der Waals surface area (Å²) in [6, 6.07) is 22.3. The molecule has 0 N–H and O–H groups in total. The van der Waals surface area contributed by atoms with E-state index >= 15 is 0 Å². The zero-order chi connectivity index (χ0) is 26.9. The second kappa shape index (κ2) is 10.4. The van der Waals surface area contributed by atoms with Crippen molar-refractivity contribution in [2.24, 2.45) is 0 Å². The third-order valence-electron chi connectivity index (χ3n) is 8.47. The Morgan fingerprint density at radius 2 is 1.55 bits per heavy atom. The van der Waals surface area contributed by atoms with Crippen molar-refractivity contribution >= 4 is 27.9 Å². The van der Waals surface area contributed by atoms with Gasteiger partial charge in [0.2, 0.25) is 5.69 Å². The van der Waals surface area contributed by atoms with Crippen LogP contribution in [0.3, 0.4) is 0 Å². The van der Waals surface area contributed by atoms with E-state index in [0.29, 0.717) is 0 Å². The van der Waals surface area contributed by atoms with E-state index in [2.05, 4.69) is 142 Å². The van der Waals surface area contributed by atoms with Crippen molar-refractivity contribution in [2.45, 2.75) is 71.6 Å². The predicted molar refractivity (Wildman–Crippen MR) is 165 cm³/mol. The lowest BCUT2D eigenvalue weighted by atomic mass is 9.79. The minimum atomic E-state index is -0.0558. The summed E-state index contributed by atoms with van der Waals surface area (Å²) in [5, 5.41) is 2.70. The number of rotatable bonds is 8. The summed E-state index contributed by atoms with van der Waals surface area (Å²) in [5.74, 6) is 0. The Balaban J connectivity index is 1.47. The Morgan fingerprint density at radius 1 is 0.789 bits per heavy atom. The number of anilines is 1. The Labute approximate surface area is 229 Å². The first kappa shape index (κ1) is 26.2. The number of hydrogen-bond acceptors (Lipinski definition) is 1. The van der Waals surface area contributed by atoms with Gasteiger partial charge in [0.05, 0.1) is 5.41 Å². The molecule has 2 heteroatoms. The molecule has 196 valence electrons. The number of para-hydroxylation sites is 1. The third kappa shape index (κ3) is 4.34. The van der Waals surface area contributed by atoms with E-state index in [1.807, 2.05) is 0 Å². The van der Waals surface area contributed by atoms with Crippen molar-refractivity contribution in [3.63, 3.8) is 0 Å². The number of unbranched alkanes of at least 4 members (excludes halogenated alkanes) is 1. The van der Waals surface area contributed by atoms with E-state index in [1.165, 1.54) is 57.5 Å². The third-order valence-corrected chi connectivity index (χ3v) is 8.47. The van der Waals surface area contributed by atoms with E-state index in [0.717, 1.165) is 19.5 Å². The highest BCUT2D eigenvalue weighted by atomic mass is 15.2. The van der Waals surface area contributed by atoms with Crippen LogP contribution in [0.1, 0.15) is 71.9 Å². The van der Waals surface area contributed by atoms with Gasteiger partial charge in [0.25, 0.3) is 0 Å². The molecule has 3 aromatic rings. The van der Waals surface area contributed by atoms with Crippen LogP contribution in [0.4, 0.5) is 11.4 Å². The summed E-state index contributed by atoms with van der Waals surface area (Å²) < 4.78 is 2.56. The second-order valence-electron chi connectivity index (χ2n) is 11.8. The van der Waals surface area contributed by atoms with Gasteiger partial charge in [-0.25, -0.2) is 0 Å². The summed E-state index contributed by atoms with van der Waals surface area (Å²) >= 11 is 0. The van der Waals surface area contributed by atoms with Crippen molar-refractivity contribution in [2.75, 3.05) is 18.0 Å².